The van der Waals surface area contributed by atoms with Crippen molar-refractivity contribution in [1.29, 1.82) is 0 Å². The van der Waals surface area contributed by atoms with E-state index < -0.39 is 0 Å². The highest BCUT2D eigenvalue weighted by molar-refractivity contribution is 6.02. The molecule has 0 saturated heterocycles. The molecule has 152 valence electrons. The quantitative estimate of drug-likeness (QED) is 0.544. The Morgan fingerprint density at radius 1 is 1.17 bits per heavy atom. The van der Waals surface area contributed by atoms with E-state index in [9.17, 15) is 4.79 Å². The molecule has 0 aromatic carbocycles. The van der Waals surface area contributed by atoms with Crippen LogP contribution in [-0.4, -0.2) is 45.6 Å². The van der Waals surface area contributed by atoms with E-state index in [0.29, 0.717) is 17.5 Å². The molecular formula is C20H21N9O. The number of pyridine rings is 2. The zero-order valence-corrected chi connectivity index (χ0v) is 17.1. The molecule has 0 aliphatic heterocycles. The monoisotopic (exact) mass is 403 g/mol. The third kappa shape index (κ3) is 3.79. The fraction of sp³-hybridized carbons (Fsp3) is 0.250. The van der Waals surface area contributed by atoms with Gasteiger partial charge in [-0.2, -0.15) is 4.68 Å². The summed E-state index contributed by atoms with van der Waals surface area (Å²) in [6.45, 7) is 7.84. The van der Waals surface area contributed by atoms with E-state index >= 15 is 0 Å². The highest BCUT2D eigenvalue weighted by Gasteiger charge is 2.15. The average Bonchev–Trinajstić information content (AvgIpc) is 3.38. The van der Waals surface area contributed by atoms with Crippen LogP contribution in [0, 0.1) is 13.8 Å². The number of hydrogen-bond acceptors (Lipinski definition) is 7. The van der Waals surface area contributed by atoms with E-state index in [1.807, 2.05) is 38.5 Å². The van der Waals surface area contributed by atoms with Crippen molar-refractivity contribution in [2.24, 2.45) is 0 Å². The van der Waals surface area contributed by atoms with Crippen molar-refractivity contribution in [3.05, 3.63) is 65.8 Å². The van der Waals surface area contributed by atoms with Crippen LogP contribution in [0.2, 0.25) is 0 Å². The topological polar surface area (TPSA) is 116 Å². The highest BCUT2D eigenvalue weighted by atomic mass is 16.1. The van der Waals surface area contributed by atoms with Crippen LogP contribution in [-0.2, 0) is 0 Å². The van der Waals surface area contributed by atoms with Gasteiger partial charge in [0, 0.05) is 18.3 Å². The van der Waals surface area contributed by atoms with E-state index in [1.165, 1.54) is 0 Å². The lowest BCUT2D eigenvalue weighted by Gasteiger charge is -2.10. The SMILES string of the molecule is Cc1cn(-c2cc(C(=O)Nc3cccc(-n4nnnc4C(C)C)n3)ncc2C)cn1. The second-order valence-electron chi connectivity index (χ2n) is 7.22. The molecule has 1 amide bonds. The minimum atomic E-state index is -0.362. The molecule has 0 fully saturated rings. The Labute approximate surface area is 173 Å². The minimum Gasteiger partial charge on any atom is -0.306 e. The zero-order chi connectivity index (χ0) is 21.3. The second kappa shape index (κ2) is 7.82. The summed E-state index contributed by atoms with van der Waals surface area (Å²) in [6, 6.07) is 7.00. The molecule has 0 aliphatic rings. The molecule has 0 saturated carbocycles. The first-order valence-corrected chi connectivity index (χ1v) is 9.47. The number of rotatable bonds is 5. The molecule has 0 unspecified atom stereocenters. The van der Waals surface area contributed by atoms with Crippen LogP contribution in [0.15, 0.2) is 43.0 Å². The van der Waals surface area contributed by atoms with Gasteiger partial charge in [-0.05, 0) is 48.0 Å². The fourth-order valence-electron chi connectivity index (χ4n) is 2.98. The summed E-state index contributed by atoms with van der Waals surface area (Å²) >= 11 is 0. The summed E-state index contributed by atoms with van der Waals surface area (Å²) in [5.41, 5.74) is 2.94. The number of tetrazole rings is 1. The normalized spacial score (nSPS) is 11.1. The lowest BCUT2D eigenvalue weighted by atomic mass is 10.2. The van der Waals surface area contributed by atoms with Crippen LogP contribution in [0.25, 0.3) is 11.5 Å². The van der Waals surface area contributed by atoms with Gasteiger partial charge in [0.1, 0.15) is 11.5 Å². The number of nitrogens with zero attached hydrogens (tertiary/aromatic N) is 8. The van der Waals surface area contributed by atoms with Gasteiger partial charge in [0.25, 0.3) is 5.91 Å². The van der Waals surface area contributed by atoms with Gasteiger partial charge < -0.3 is 9.88 Å². The van der Waals surface area contributed by atoms with Crippen LogP contribution >= 0.6 is 0 Å². The van der Waals surface area contributed by atoms with Crippen LogP contribution in [0.3, 0.4) is 0 Å². The first kappa shape index (κ1) is 19.4. The largest absolute Gasteiger partial charge is 0.306 e. The van der Waals surface area contributed by atoms with Gasteiger partial charge in [0.05, 0.1) is 17.7 Å². The van der Waals surface area contributed by atoms with Crippen LogP contribution in [0.4, 0.5) is 5.82 Å². The molecule has 4 heterocycles. The van der Waals surface area contributed by atoms with Gasteiger partial charge in [-0.25, -0.2) is 9.97 Å². The molecule has 0 bridgehead atoms. The Kier molecular flexibility index (Phi) is 5.05. The van der Waals surface area contributed by atoms with Crippen molar-refractivity contribution in [2.45, 2.75) is 33.6 Å². The summed E-state index contributed by atoms with van der Waals surface area (Å²) in [5.74, 6) is 1.35. The zero-order valence-electron chi connectivity index (χ0n) is 17.1. The second-order valence-corrected chi connectivity index (χ2v) is 7.22. The number of nitrogens with one attached hydrogen (secondary N) is 1. The maximum atomic E-state index is 12.8. The van der Waals surface area contributed by atoms with Gasteiger partial charge in [-0.15, -0.1) is 5.10 Å². The van der Waals surface area contributed by atoms with Crippen molar-refractivity contribution in [3.63, 3.8) is 0 Å². The van der Waals surface area contributed by atoms with E-state index in [0.717, 1.165) is 16.9 Å². The first-order valence-electron chi connectivity index (χ1n) is 9.47. The van der Waals surface area contributed by atoms with Crippen LogP contribution < -0.4 is 5.32 Å². The van der Waals surface area contributed by atoms with Gasteiger partial charge in [0.2, 0.25) is 0 Å². The molecule has 10 heteroatoms. The third-order valence-corrected chi connectivity index (χ3v) is 4.50. The molecule has 0 atom stereocenters. The summed E-state index contributed by atoms with van der Waals surface area (Å²) in [7, 11) is 0. The lowest BCUT2D eigenvalue weighted by molar-refractivity contribution is 0.102. The van der Waals surface area contributed by atoms with Crippen molar-refractivity contribution in [1.82, 2.24) is 39.7 Å². The van der Waals surface area contributed by atoms with Gasteiger partial charge in [-0.3, -0.25) is 9.78 Å². The first-order chi connectivity index (χ1) is 14.4. The summed E-state index contributed by atoms with van der Waals surface area (Å²) in [6.07, 6.45) is 5.27. The Balaban J connectivity index is 1.60. The minimum absolute atomic E-state index is 0.127. The van der Waals surface area contributed by atoms with Gasteiger partial charge >= 0.3 is 0 Å². The van der Waals surface area contributed by atoms with E-state index in [1.54, 1.807) is 41.5 Å². The Morgan fingerprint density at radius 2 is 2.00 bits per heavy atom. The van der Waals surface area contributed by atoms with E-state index in [4.69, 9.17) is 0 Å². The van der Waals surface area contributed by atoms with Crippen LogP contribution in [0.5, 0.6) is 0 Å². The number of carbonyl (C=O) groups is 1. The highest BCUT2D eigenvalue weighted by Crippen LogP contribution is 2.17. The third-order valence-electron chi connectivity index (χ3n) is 4.50. The number of aryl methyl sites for hydroxylation is 2. The van der Waals surface area contributed by atoms with Crippen molar-refractivity contribution in [2.75, 3.05) is 5.32 Å². The van der Waals surface area contributed by atoms with E-state index in [-0.39, 0.29) is 17.5 Å². The molecule has 4 aromatic rings. The molecule has 1 N–H and O–H groups in total. The smallest absolute Gasteiger partial charge is 0.275 e. The van der Waals surface area contributed by atoms with Crippen molar-refractivity contribution in [3.8, 4) is 11.5 Å². The maximum absolute atomic E-state index is 12.8. The predicted molar refractivity (Wildman–Crippen MR) is 110 cm³/mol. The number of amides is 1. The molecule has 0 radical (unpaired) electrons. The molecule has 0 spiro atoms. The Hall–Kier alpha value is -3.95. The number of aromatic nitrogens is 8. The van der Waals surface area contributed by atoms with Crippen molar-refractivity contribution < 1.29 is 4.79 Å². The van der Waals surface area contributed by atoms with Gasteiger partial charge in [-0.1, -0.05) is 19.9 Å². The number of hydrogen-bond donors (Lipinski definition) is 1. The fourth-order valence-corrected chi connectivity index (χ4v) is 2.98. The summed E-state index contributed by atoms with van der Waals surface area (Å²) < 4.78 is 3.43. The average molecular weight is 403 g/mol. The number of imidazole rings is 1. The Bertz CT molecular complexity index is 1210. The van der Waals surface area contributed by atoms with Crippen LogP contribution in [0.1, 0.15) is 47.3 Å². The molecule has 30 heavy (non-hydrogen) atoms. The molecule has 4 aromatic heterocycles. The number of carbonyl (C=O) groups excluding carboxylic acids is 1. The molecule has 10 nitrogen and oxygen atoms in total. The Morgan fingerprint density at radius 3 is 2.73 bits per heavy atom. The van der Waals surface area contributed by atoms with Gasteiger partial charge in [0.15, 0.2) is 11.6 Å². The maximum Gasteiger partial charge on any atom is 0.275 e. The lowest BCUT2D eigenvalue weighted by Crippen LogP contribution is -2.16. The summed E-state index contributed by atoms with van der Waals surface area (Å²) in [4.78, 5) is 25.8. The molecular weight excluding hydrogens is 382 g/mol. The predicted octanol–water partition coefficient (Wildman–Crippen LogP) is 2.63. The molecule has 4 rings (SSSR count). The van der Waals surface area contributed by atoms with Crippen molar-refractivity contribution >= 4 is 11.7 Å². The summed E-state index contributed by atoms with van der Waals surface area (Å²) in [5, 5.41) is 14.6. The number of anilines is 1. The standard InChI is InChI=1S/C20H21N9O/c1-12(2)19-25-26-27-29(19)18-7-5-6-17(23-18)24-20(30)15-8-16(13(3)9-21-15)28-10-14(4)22-11-28/h5-12H,1-4H3,(H,23,24,30). The molecule has 0 aliphatic carbocycles. The van der Waals surface area contributed by atoms with E-state index in [2.05, 4.69) is 35.8 Å².